The summed E-state index contributed by atoms with van der Waals surface area (Å²) in [6.45, 7) is 2.48. The van der Waals surface area contributed by atoms with Gasteiger partial charge in [-0.15, -0.1) is 0 Å². The van der Waals surface area contributed by atoms with Gasteiger partial charge in [-0.2, -0.15) is 0 Å². The Bertz CT molecular complexity index is 493. The second-order valence-corrected chi connectivity index (χ2v) is 5.23. The van der Waals surface area contributed by atoms with Gasteiger partial charge in [0.05, 0.1) is 7.11 Å². The van der Waals surface area contributed by atoms with Crippen LogP contribution in [0.15, 0.2) is 18.2 Å². The summed E-state index contributed by atoms with van der Waals surface area (Å²) >= 11 is 0. The van der Waals surface area contributed by atoms with E-state index in [-0.39, 0.29) is 23.7 Å². The summed E-state index contributed by atoms with van der Waals surface area (Å²) in [4.78, 5) is 14.5. The number of nitrogens with zero attached hydrogens (tertiary/aromatic N) is 1. The lowest BCUT2D eigenvalue weighted by atomic mass is 9.95. The SMILES string of the molecule is COc1cc(C(=O)N2C(C)CCCC2CN)ccc1F. The molecule has 0 bridgehead atoms. The third-order valence-electron chi connectivity index (χ3n) is 3.93. The zero-order valence-corrected chi connectivity index (χ0v) is 11.9. The van der Waals surface area contributed by atoms with Gasteiger partial charge in [0.25, 0.3) is 5.91 Å². The smallest absolute Gasteiger partial charge is 0.254 e. The highest BCUT2D eigenvalue weighted by atomic mass is 19.1. The van der Waals surface area contributed by atoms with E-state index in [1.807, 2.05) is 11.8 Å². The molecule has 0 aromatic heterocycles. The van der Waals surface area contributed by atoms with E-state index in [1.165, 1.54) is 25.3 Å². The minimum absolute atomic E-state index is 0.0577. The van der Waals surface area contributed by atoms with Crippen molar-refractivity contribution in [1.82, 2.24) is 4.90 Å². The first kappa shape index (κ1) is 14.8. The number of carbonyl (C=O) groups is 1. The summed E-state index contributed by atoms with van der Waals surface area (Å²) in [5, 5.41) is 0. The van der Waals surface area contributed by atoms with Crippen LogP contribution in [0.5, 0.6) is 5.75 Å². The summed E-state index contributed by atoms with van der Waals surface area (Å²) in [6.07, 6.45) is 2.98. The molecular weight excluding hydrogens is 259 g/mol. The summed E-state index contributed by atoms with van der Waals surface area (Å²) in [6, 6.07) is 4.42. The standard InChI is InChI=1S/C15H21FN2O2/c1-10-4-3-5-12(9-17)18(10)15(19)11-6-7-13(16)14(8-11)20-2/h6-8,10,12H,3-5,9,17H2,1-2H3. The number of benzene rings is 1. The highest BCUT2D eigenvalue weighted by Gasteiger charge is 2.31. The predicted octanol–water partition coefficient (Wildman–Crippen LogP) is 2.18. The monoisotopic (exact) mass is 280 g/mol. The Kier molecular flexibility index (Phi) is 4.60. The van der Waals surface area contributed by atoms with Crippen LogP contribution in [0, 0.1) is 5.82 Å². The average Bonchev–Trinajstić information content (AvgIpc) is 2.46. The Labute approximate surface area is 118 Å². The molecule has 4 nitrogen and oxygen atoms in total. The lowest BCUT2D eigenvalue weighted by Crippen LogP contribution is -2.51. The zero-order chi connectivity index (χ0) is 14.7. The van der Waals surface area contributed by atoms with Gasteiger partial charge in [0.15, 0.2) is 11.6 Å². The largest absolute Gasteiger partial charge is 0.494 e. The zero-order valence-electron chi connectivity index (χ0n) is 11.9. The van der Waals surface area contributed by atoms with Crippen LogP contribution >= 0.6 is 0 Å². The van der Waals surface area contributed by atoms with Crippen LogP contribution in [0.1, 0.15) is 36.5 Å². The molecule has 1 aliphatic rings. The van der Waals surface area contributed by atoms with Gasteiger partial charge in [0.1, 0.15) is 0 Å². The fourth-order valence-corrected chi connectivity index (χ4v) is 2.83. The van der Waals surface area contributed by atoms with Crippen LogP contribution in [0.3, 0.4) is 0 Å². The number of rotatable bonds is 3. The van der Waals surface area contributed by atoms with Crippen molar-refractivity contribution in [1.29, 1.82) is 0 Å². The Morgan fingerprint density at radius 2 is 2.25 bits per heavy atom. The minimum Gasteiger partial charge on any atom is -0.494 e. The van der Waals surface area contributed by atoms with Crippen LogP contribution in [-0.2, 0) is 0 Å². The second-order valence-electron chi connectivity index (χ2n) is 5.23. The summed E-state index contributed by atoms with van der Waals surface area (Å²) < 4.78 is 18.4. The number of ether oxygens (including phenoxy) is 1. The molecule has 1 aromatic rings. The number of hydrogen-bond acceptors (Lipinski definition) is 3. The van der Waals surface area contributed by atoms with E-state index in [4.69, 9.17) is 10.5 Å². The molecule has 0 spiro atoms. The van der Waals surface area contributed by atoms with Crippen molar-refractivity contribution in [2.24, 2.45) is 5.73 Å². The first-order valence-electron chi connectivity index (χ1n) is 6.94. The number of halogens is 1. The Balaban J connectivity index is 2.29. The van der Waals surface area contributed by atoms with E-state index in [1.54, 1.807) is 0 Å². The van der Waals surface area contributed by atoms with Crippen molar-refractivity contribution < 1.29 is 13.9 Å². The molecule has 110 valence electrons. The van der Waals surface area contributed by atoms with Crippen molar-refractivity contribution in [2.75, 3.05) is 13.7 Å². The average molecular weight is 280 g/mol. The number of nitrogens with two attached hydrogens (primary N) is 1. The van der Waals surface area contributed by atoms with Crippen LogP contribution < -0.4 is 10.5 Å². The van der Waals surface area contributed by atoms with E-state index in [9.17, 15) is 9.18 Å². The highest BCUT2D eigenvalue weighted by Crippen LogP contribution is 2.26. The number of methoxy groups -OCH3 is 1. The lowest BCUT2D eigenvalue weighted by Gasteiger charge is -2.40. The molecule has 1 saturated heterocycles. The van der Waals surface area contributed by atoms with Crippen LogP contribution in [0.4, 0.5) is 4.39 Å². The van der Waals surface area contributed by atoms with Gasteiger partial charge in [-0.1, -0.05) is 0 Å². The summed E-state index contributed by atoms with van der Waals surface area (Å²) in [7, 11) is 1.39. The Hall–Kier alpha value is -1.62. The van der Waals surface area contributed by atoms with Crippen LogP contribution in [-0.4, -0.2) is 36.5 Å². The van der Waals surface area contributed by atoms with Gasteiger partial charge in [-0.3, -0.25) is 4.79 Å². The van der Waals surface area contributed by atoms with E-state index < -0.39 is 5.82 Å². The number of amides is 1. The first-order chi connectivity index (χ1) is 9.58. The molecule has 0 aliphatic carbocycles. The lowest BCUT2D eigenvalue weighted by molar-refractivity contribution is 0.0493. The molecule has 1 aliphatic heterocycles. The number of likely N-dealkylation sites (tertiary alicyclic amines) is 1. The van der Waals surface area contributed by atoms with E-state index in [0.717, 1.165) is 19.3 Å². The van der Waals surface area contributed by atoms with Crippen molar-refractivity contribution in [3.63, 3.8) is 0 Å². The summed E-state index contributed by atoms with van der Waals surface area (Å²) in [5.74, 6) is -0.484. The van der Waals surface area contributed by atoms with Crippen LogP contribution in [0.2, 0.25) is 0 Å². The van der Waals surface area contributed by atoms with Crippen molar-refractivity contribution >= 4 is 5.91 Å². The highest BCUT2D eigenvalue weighted by molar-refractivity contribution is 5.95. The first-order valence-corrected chi connectivity index (χ1v) is 6.94. The van der Waals surface area contributed by atoms with Gasteiger partial charge in [-0.25, -0.2) is 4.39 Å². The van der Waals surface area contributed by atoms with Gasteiger partial charge in [0.2, 0.25) is 0 Å². The molecule has 1 aromatic carbocycles. The van der Waals surface area contributed by atoms with Gasteiger partial charge < -0.3 is 15.4 Å². The minimum atomic E-state index is -0.467. The third kappa shape index (κ3) is 2.77. The fourth-order valence-electron chi connectivity index (χ4n) is 2.83. The van der Waals surface area contributed by atoms with Gasteiger partial charge in [-0.05, 0) is 44.4 Å². The van der Waals surface area contributed by atoms with Gasteiger partial charge in [0, 0.05) is 24.2 Å². The molecule has 2 unspecified atom stereocenters. The van der Waals surface area contributed by atoms with Crippen molar-refractivity contribution in [2.45, 2.75) is 38.3 Å². The molecule has 2 atom stereocenters. The molecule has 2 N–H and O–H groups in total. The fraction of sp³-hybridized carbons (Fsp3) is 0.533. The molecule has 0 saturated carbocycles. The van der Waals surface area contributed by atoms with E-state index in [2.05, 4.69) is 0 Å². The van der Waals surface area contributed by atoms with Crippen LogP contribution in [0.25, 0.3) is 0 Å². The predicted molar refractivity (Wildman–Crippen MR) is 75.3 cm³/mol. The molecule has 2 rings (SSSR count). The topological polar surface area (TPSA) is 55.6 Å². The maximum Gasteiger partial charge on any atom is 0.254 e. The van der Waals surface area contributed by atoms with E-state index >= 15 is 0 Å². The Morgan fingerprint density at radius 1 is 1.50 bits per heavy atom. The number of piperidine rings is 1. The van der Waals surface area contributed by atoms with Crippen molar-refractivity contribution in [3.05, 3.63) is 29.6 Å². The normalized spacial score (nSPS) is 22.7. The number of carbonyl (C=O) groups excluding carboxylic acids is 1. The molecule has 0 radical (unpaired) electrons. The maximum atomic E-state index is 13.4. The number of hydrogen-bond donors (Lipinski definition) is 1. The second kappa shape index (κ2) is 6.22. The van der Waals surface area contributed by atoms with E-state index in [0.29, 0.717) is 12.1 Å². The van der Waals surface area contributed by atoms with Crippen molar-refractivity contribution in [3.8, 4) is 5.75 Å². The molecular formula is C15H21FN2O2. The molecule has 20 heavy (non-hydrogen) atoms. The molecule has 5 heteroatoms. The Morgan fingerprint density at radius 3 is 2.90 bits per heavy atom. The third-order valence-corrected chi connectivity index (χ3v) is 3.93. The maximum absolute atomic E-state index is 13.4. The summed E-state index contributed by atoms with van der Waals surface area (Å²) in [5.41, 5.74) is 6.21. The quantitative estimate of drug-likeness (QED) is 0.923. The molecule has 1 fully saturated rings. The molecule has 1 amide bonds. The molecule has 1 heterocycles. The van der Waals surface area contributed by atoms with Gasteiger partial charge >= 0.3 is 0 Å².